The first-order valence-electron chi connectivity index (χ1n) is 8.30. The number of nitrogens with one attached hydrogen (secondary N) is 1. The van der Waals surface area contributed by atoms with Gasteiger partial charge in [-0.2, -0.15) is 0 Å². The van der Waals surface area contributed by atoms with Gasteiger partial charge in [-0.3, -0.25) is 0 Å². The van der Waals surface area contributed by atoms with Gasteiger partial charge in [0.25, 0.3) is 0 Å². The molecule has 1 rings (SSSR count). The molecule has 0 spiro atoms. The quantitative estimate of drug-likeness (QED) is 0.522. The number of benzene rings is 1. The first kappa shape index (κ1) is 18.6. The minimum Gasteiger partial charge on any atom is -0.310 e. The molecule has 2 atom stereocenters. The smallest absolute Gasteiger partial charge is 0.129 e. The Morgan fingerprint density at radius 3 is 2.52 bits per heavy atom. The van der Waals surface area contributed by atoms with Crippen molar-refractivity contribution in [3.8, 4) is 0 Å². The summed E-state index contributed by atoms with van der Waals surface area (Å²) in [6.45, 7) is 7.56. The van der Waals surface area contributed by atoms with Crippen LogP contribution in [0.4, 0.5) is 4.39 Å². The van der Waals surface area contributed by atoms with Crippen molar-refractivity contribution in [1.82, 2.24) is 5.32 Å². The number of unbranched alkanes of at least 4 members (excludes halogenated alkanes) is 1. The van der Waals surface area contributed by atoms with Crippen molar-refractivity contribution < 1.29 is 4.39 Å². The summed E-state index contributed by atoms with van der Waals surface area (Å²) in [6, 6.07) is 5.55. The van der Waals surface area contributed by atoms with Gasteiger partial charge in [0.05, 0.1) is 0 Å². The van der Waals surface area contributed by atoms with Gasteiger partial charge in [-0.1, -0.05) is 68.5 Å². The Kier molecular flexibility index (Phi) is 9.18. The van der Waals surface area contributed by atoms with Crippen LogP contribution in [0.15, 0.2) is 22.7 Å². The van der Waals surface area contributed by atoms with Crippen molar-refractivity contribution in [2.75, 3.05) is 6.54 Å². The molecule has 0 heterocycles. The fourth-order valence-electron chi connectivity index (χ4n) is 2.74. The minimum absolute atomic E-state index is 0.108. The van der Waals surface area contributed by atoms with Gasteiger partial charge in [0.15, 0.2) is 0 Å². The average molecular weight is 358 g/mol. The SMILES string of the molecule is CCCCC(CC)CC(NCCC)c1ccc(Br)cc1F. The van der Waals surface area contributed by atoms with Crippen molar-refractivity contribution in [3.63, 3.8) is 0 Å². The molecule has 0 aliphatic heterocycles. The Bertz CT molecular complexity index is 408. The summed E-state index contributed by atoms with van der Waals surface area (Å²) in [5, 5.41) is 3.53. The highest BCUT2D eigenvalue weighted by Gasteiger charge is 2.19. The summed E-state index contributed by atoms with van der Waals surface area (Å²) in [5.41, 5.74) is 0.807. The van der Waals surface area contributed by atoms with Crippen LogP contribution >= 0.6 is 15.9 Å². The van der Waals surface area contributed by atoms with E-state index in [2.05, 4.69) is 42.0 Å². The van der Waals surface area contributed by atoms with Gasteiger partial charge in [-0.05, 0) is 37.4 Å². The molecule has 0 radical (unpaired) electrons. The summed E-state index contributed by atoms with van der Waals surface area (Å²) >= 11 is 3.34. The van der Waals surface area contributed by atoms with Crippen LogP contribution in [0.1, 0.15) is 70.9 Å². The summed E-state index contributed by atoms with van der Waals surface area (Å²) in [7, 11) is 0. The zero-order valence-electron chi connectivity index (χ0n) is 13.6. The van der Waals surface area contributed by atoms with Gasteiger partial charge in [0.2, 0.25) is 0 Å². The topological polar surface area (TPSA) is 12.0 Å². The van der Waals surface area contributed by atoms with Gasteiger partial charge >= 0.3 is 0 Å². The lowest BCUT2D eigenvalue weighted by molar-refractivity contribution is 0.348. The molecule has 120 valence electrons. The van der Waals surface area contributed by atoms with Crippen LogP contribution in [0.5, 0.6) is 0 Å². The second-order valence-electron chi connectivity index (χ2n) is 5.82. The largest absolute Gasteiger partial charge is 0.310 e. The standard InChI is InChI=1S/C18H29BrFN/c1-4-7-8-14(6-3)12-18(21-11-5-2)16-10-9-15(19)13-17(16)20/h9-10,13-14,18,21H,4-8,11-12H2,1-3H3. The lowest BCUT2D eigenvalue weighted by atomic mass is 9.89. The van der Waals surface area contributed by atoms with Crippen LogP contribution < -0.4 is 5.32 Å². The Morgan fingerprint density at radius 2 is 1.95 bits per heavy atom. The monoisotopic (exact) mass is 357 g/mol. The van der Waals surface area contributed by atoms with Crippen LogP contribution in [-0.4, -0.2) is 6.54 Å². The third kappa shape index (κ3) is 6.48. The number of rotatable bonds is 10. The molecular formula is C18H29BrFN. The zero-order valence-corrected chi connectivity index (χ0v) is 15.2. The summed E-state index contributed by atoms with van der Waals surface area (Å²) < 4.78 is 15.1. The van der Waals surface area contributed by atoms with E-state index in [1.54, 1.807) is 6.07 Å². The molecule has 0 bridgehead atoms. The lowest BCUT2D eigenvalue weighted by Gasteiger charge is -2.25. The van der Waals surface area contributed by atoms with Gasteiger partial charge in [-0.15, -0.1) is 0 Å². The van der Waals surface area contributed by atoms with Crippen molar-refractivity contribution in [3.05, 3.63) is 34.1 Å². The van der Waals surface area contributed by atoms with E-state index in [1.807, 2.05) is 12.1 Å². The molecule has 1 aromatic carbocycles. The maximum atomic E-state index is 14.3. The molecule has 0 amide bonds. The number of halogens is 2. The van der Waals surface area contributed by atoms with E-state index in [9.17, 15) is 4.39 Å². The Morgan fingerprint density at radius 1 is 1.19 bits per heavy atom. The maximum Gasteiger partial charge on any atom is 0.129 e. The molecule has 0 aromatic heterocycles. The molecule has 0 saturated heterocycles. The van der Waals surface area contributed by atoms with Gasteiger partial charge in [0.1, 0.15) is 5.82 Å². The van der Waals surface area contributed by atoms with Crippen LogP contribution in [-0.2, 0) is 0 Å². The minimum atomic E-state index is -0.108. The zero-order chi connectivity index (χ0) is 15.7. The second kappa shape index (κ2) is 10.3. The van der Waals surface area contributed by atoms with Crippen LogP contribution in [0.25, 0.3) is 0 Å². The van der Waals surface area contributed by atoms with E-state index in [0.29, 0.717) is 5.92 Å². The lowest BCUT2D eigenvalue weighted by Crippen LogP contribution is -2.25. The Balaban J connectivity index is 2.83. The highest BCUT2D eigenvalue weighted by atomic mass is 79.9. The van der Waals surface area contributed by atoms with Crippen LogP contribution in [0, 0.1) is 11.7 Å². The molecule has 3 heteroatoms. The van der Waals surface area contributed by atoms with Crippen molar-refractivity contribution in [2.45, 2.75) is 65.3 Å². The van der Waals surface area contributed by atoms with Crippen LogP contribution in [0.2, 0.25) is 0 Å². The number of hydrogen-bond acceptors (Lipinski definition) is 1. The summed E-state index contributed by atoms with van der Waals surface area (Å²) in [5.74, 6) is 0.561. The van der Waals surface area contributed by atoms with E-state index < -0.39 is 0 Å². The third-order valence-electron chi connectivity index (χ3n) is 4.09. The van der Waals surface area contributed by atoms with Gasteiger partial charge in [-0.25, -0.2) is 4.39 Å². The molecule has 2 unspecified atom stereocenters. The van der Waals surface area contributed by atoms with Crippen molar-refractivity contribution in [1.29, 1.82) is 0 Å². The molecule has 21 heavy (non-hydrogen) atoms. The molecule has 0 aliphatic carbocycles. The van der Waals surface area contributed by atoms with E-state index in [4.69, 9.17) is 0 Å². The van der Waals surface area contributed by atoms with E-state index in [0.717, 1.165) is 29.4 Å². The van der Waals surface area contributed by atoms with Crippen LogP contribution in [0.3, 0.4) is 0 Å². The van der Waals surface area contributed by atoms with E-state index in [-0.39, 0.29) is 11.9 Å². The molecular weight excluding hydrogens is 329 g/mol. The first-order valence-corrected chi connectivity index (χ1v) is 9.09. The molecule has 1 N–H and O–H groups in total. The fourth-order valence-corrected chi connectivity index (χ4v) is 3.07. The van der Waals surface area contributed by atoms with Crippen molar-refractivity contribution in [2.24, 2.45) is 5.92 Å². The fraction of sp³-hybridized carbons (Fsp3) is 0.667. The molecule has 0 aliphatic rings. The van der Waals surface area contributed by atoms with E-state index in [1.165, 1.54) is 25.7 Å². The predicted octanol–water partition coefficient (Wildman–Crippen LogP) is 6.24. The van der Waals surface area contributed by atoms with Gasteiger partial charge in [0, 0.05) is 16.1 Å². The Hall–Kier alpha value is -0.410. The highest BCUT2D eigenvalue weighted by molar-refractivity contribution is 9.10. The number of hydrogen-bond donors (Lipinski definition) is 1. The highest BCUT2D eigenvalue weighted by Crippen LogP contribution is 2.29. The Labute approximate surface area is 137 Å². The average Bonchev–Trinajstić information content (AvgIpc) is 2.47. The normalized spacial score (nSPS) is 14.1. The predicted molar refractivity (Wildman–Crippen MR) is 93.1 cm³/mol. The molecule has 0 fully saturated rings. The first-order chi connectivity index (χ1) is 10.1. The maximum absolute atomic E-state index is 14.3. The summed E-state index contributed by atoms with van der Waals surface area (Å²) in [6.07, 6.45) is 7.01. The van der Waals surface area contributed by atoms with Gasteiger partial charge < -0.3 is 5.32 Å². The van der Waals surface area contributed by atoms with E-state index >= 15 is 0 Å². The molecule has 1 aromatic rings. The molecule has 0 saturated carbocycles. The summed E-state index contributed by atoms with van der Waals surface area (Å²) in [4.78, 5) is 0. The second-order valence-corrected chi connectivity index (χ2v) is 6.74. The van der Waals surface area contributed by atoms with Crippen molar-refractivity contribution >= 4 is 15.9 Å². The molecule has 1 nitrogen and oxygen atoms in total. The third-order valence-corrected chi connectivity index (χ3v) is 4.58.